The Morgan fingerprint density at radius 1 is 1.52 bits per heavy atom. The Kier molecular flexibility index (Phi) is 5.12. The van der Waals surface area contributed by atoms with Crippen LogP contribution in [0, 0.1) is 5.82 Å². The summed E-state index contributed by atoms with van der Waals surface area (Å²) in [6.07, 6.45) is 2.38. The maximum Gasteiger partial charge on any atom is 0.257 e. The van der Waals surface area contributed by atoms with Gasteiger partial charge >= 0.3 is 0 Å². The van der Waals surface area contributed by atoms with Crippen molar-refractivity contribution < 1.29 is 9.18 Å². The maximum atomic E-state index is 14.4. The topological polar surface area (TPSA) is 48.5 Å². The molecule has 0 aromatic carbocycles. The number of carbonyl (C=O) groups is 1. The summed E-state index contributed by atoms with van der Waals surface area (Å²) in [4.78, 5) is 20.6. The van der Waals surface area contributed by atoms with Gasteiger partial charge in [0.2, 0.25) is 0 Å². The number of likely N-dealkylation sites (N-methyl/N-ethyl adjacent to an activating group) is 1. The van der Waals surface area contributed by atoms with Crippen molar-refractivity contribution in [2.45, 2.75) is 26.3 Å². The van der Waals surface area contributed by atoms with Crippen molar-refractivity contribution in [3.05, 3.63) is 23.6 Å². The molecule has 1 aromatic rings. The van der Waals surface area contributed by atoms with E-state index in [0.29, 0.717) is 13.1 Å². The standard InChI is InChI=1S/C15H23FN4O/c1-4-17-14-13(16)12(6-7-18-14)15(21)20-9-5-8-19(3)10-11(20)2/h6-7,11H,4-5,8-10H2,1-3H3,(H,17,18). The minimum absolute atomic E-state index is 0.0696. The van der Waals surface area contributed by atoms with Gasteiger partial charge in [-0.2, -0.15) is 0 Å². The lowest BCUT2D eigenvalue weighted by Gasteiger charge is -2.28. The van der Waals surface area contributed by atoms with Crippen LogP contribution in [0.15, 0.2) is 12.3 Å². The first-order valence-electron chi connectivity index (χ1n) is 7.42. The molecule has 0 aliphatic carbocycles. The van der Waals surface area contributed by atoms with Crippen molar-refractivity contribution >= 4 is 11.7 Å². The fourth-order valence-electron chi connectivity index (χ4n) is 2.73. The van der Waals surface area contributed by atoms with E-state index in [0.717, 1.165) is 19.5 Å². The predicted octanol–water partition coefficient (Wildman–Crippen LogP) is 1.82. The highest BCUT2D eigenvalue weighted by atomic mass is 19.1. The SMILES string of the molecule is CCNc1nccc(C(=O)N2CCCN(C)CC2C)c1F. The first-order chi connectivity index (χ1) is 10.0. The molecule has 6 heteroatoms. The molecule has 1 unspecified atom stereocenters. The lowest BCUT2D eigenvalue weighted by atomic mass is 10.1. The summed E-state index contributed by atoms with van der Waals surface area (Å²) >= 11 is 0. The molecule has 0 radical (unpaired) electrons. The number of hydrogen-bond acceptors (Lipinski definition) is 4. The van der Waals surface area contributed by atoms with Crippen molar-refractivity contribution in [2.24, 2.45) is 0 Å². The van der Waals surface area contributed by atoms with E-state index >= 15 is 0 Å². The second-order valence-corrected chi connectivity index (χ2v) is 5.51. The zero-order valence-corrected chi connectivity index (χ0v) is 12.9. The van der Waals surface area contributed by atoms with Crippen molar-refractivity contribution in [1.29, 1.82) is 0 Å². The zero-order chi connectivity index (χ0) is 15.4. The molecule has 2 heterocycles. The van der Waals surface area contributed by atoms with Gasteiger partial charge in [-0.25, -0.2) is 9.37 Å². The number of rotatable bonds is 3. The third kappa shape index (κ3) is 3.50. The molecule has 116 valence electrons. The molecule has 1 atom stereocenters. The number of halogens is 1. The summed E-state index contributed by atoms with van der Waals surface area (Å²) in [5, 5.41) is 2.84. The van der Waals surface area contributed by atoms with Crippen LogP contribution in [0.4, 0.5) is 10.2 Å². The van der Waals surface area contributed by atoms with Crippen LogP contribution in [0.3, 0.4) is 0 Å². The average molecular weight is 294 g/mol. The molecule has 1 aromatic heterocycles. The van der Waals surface area contributed by atoms with Crippen molar-refractivity contribution in [3.8, 4) is 0 Å². The average Bonchev–Trinajstić information content (AvgIpc) is 2.61. The van der Waals surface area contributed by atoms with E-state index in [4.69, 9.17) is 0 Å². The first kappa shape index (κ1) is 15.7. The summed E-state index contributed by atoms with van der Waals surface area (Å²) in [6.45, 7) is 6.84. The molecule has 21 heavy (non-hydrogen) atoms. The van der Waals surface area contributed by atoms with Crippen molar-refractivity contribution in [2.75, 3.05) is 38.5 Å². The van der Waals surface area contributed by atoms with Crippen LogP contribution in [0.25, 0.3) is 0 Å². The largest absolute Gasteiger partial charge is 0.368 e. The van der Waals surface area contributed by atoms with Gasteiger partial charge in [0.25, 0.3) is 5.91 Å². The smallest absolute Gasteiger partial charge is 0.257 e. The maximum absolute atomic E-state index is 14.4. The molecular weight excluding hydrogens is 271 g/mol. The fraction of sp³-hybridized carbons (Fsp3) is 0.600. The summed E-state index contributed by atoms with van der Waals surface area (Å²) in [5.41, 5.74) is 0.0948. The van der Waals surface area contributed by atoms with Gasteiger partial charge in [-0.15, -0.1) is 0 Å². The van der Waals surface area contributed by atoms with Crippen LogP contribution in [0.5, 0.6) is 0 Å². The van der Waals surface area contributed by atoms with Gasteiger partial charge in [-0.05, 0) is 39.9 Å². The molecule has 1 amide bonds. The number of amides is 1. The molecule has 1 aliphatic rings. The fourth-order valence-corrected chi connectivity index (χ4v) is 2.73. The number of nitrogens with zero attached hydrogens (tertiary/aromatic N) is 3. The number of hydrogen-bond donors (Lipinski definition) is 1. The van der Waals surface area contributed by atoms with E-state index in [9.17, 15) is 9.18 Å². The van der Waals surface area contributed by atoms with Gasteiger partial charge in [-0.1, -0.05) is 0 Å². The molecule has 1 fully saturated rings. The van der Waals surface area contributed by atoms with Crippen LogP contribution >= 0.6 is 0 Å². The lowest BCUT2D eigenvalue weighted by molar-refractivity contribution is 0.0691. The summed E-state index contributed by atoms with van der Waals surface area (Å²) < 4.78 is 14.4. The molecule has 1 aliphatic heterocycles. The lowest BCUT2D eigenvalue weighted by Crippen LogP contribution is -2.42. The second kappa shape index (κ2) is 6.85. The van der Waals surface area contributed by atoms with Crippen LogP contribution in [0.1, 0.15) is 30.6 Å². The number of pyridine rings is 1. The van der Waals surface area contributed by atoms with E-state index in [1.165, 1.54) is 12.3 Å². The van der Waals surface area contributed by atoms with E-state index in [1.807, 2.05) is 20.9 Å². The van der Waals surface area contributed by atoms with E-state index < -0.39 is 5.82 Å². The minimum Gasteiger partial charge on any atom is -0.368 e. The van der Waals surface area contributed by atoms with E-state index in [2.05, 4.69) is 15.2 Å². The number of aromatic nitrogens is 1. The highest BCUT2D eigenvalue weighted by Gasteiger charge is 2.27. The third-order valence-electron chi connectivity index (χ3n) is 3.77. The summed E-state index contributed by atoms with van der Waals surface area (Å²) in [7, 11) is 2.04. The van der Waals surface area contributed by atoms with Crippen LogP contribution in [-0.4, -0.2) is 60.0 Å². The van der Waals surface area contributed by atoms with E-state index in [1.54, 1.807) is 4.90 Å². The highest BCUT2D eigenvalue weighted by Crippen LogP contribution is 2.19. The summed E-state index contributed by atoms with van der Waals surface area (Å²) in [6, 6.07) is 1.53. The zero-order valence-electron chi connectivity index (χ0n) is 12.9. The third-order valence-corrected chi connectivity index (χ3v) is 3.77. The molecule has 0 bridgehead atoms. The molecule has 5 nitrogen and oxygen atoms in total. The number of nitrogens with one attached hydrogen (secondary N) is 1. The predicted molar refractivity (Wildman–Crippen MR) is 81.0 cm³/mol. The Bertz CT molecular complexity index is 508. The Morgan fingerprint density at radius 3 is 3.00 bits per heavy atom. The van der Waals surface area contributed by atoms with Crippen molar-refractivity contribution in [1.82, 2.24) is 14.8 Å². The molecule has 0 spiro atoms. The Hall–Kier alpha value is -1.69. The normalized spacial score (nSPS) is 20.2. The molecule has 1 N–H and O–H groups in total. The van der Waals surface area contributed by atoms with Crippen molar-refractivity contribution in [3.63, 3.8) is 0 Å². The second-order valence-electron chi connectivity index (χ2n) is 5.51. The summed E-state index contributed by atoms with van der Waals surface area (Å²) in [5.74, 6) is -0.672. The molecule has 2 rings (SSSR count). The molecule has 0 saturated carbocycles. The quantitative estimate of drug-likeness (QED) is 0.924. The minimum atomic E-state index is -0.561. The highest BCUT2D eigenvalue weighted by molar-refractivity contribution is 5.95. The van der Waals surface area contributed by atoms with Crippen LogP contribution < -0.4 is 5.32 Å². The van der Waals surface area contributed by atoms with Gasteiger partial charge in [0.05, 0.1) is 5.56 Å². The van der Waals surface area contributed by atoms with Crippen LogP contribution in [-0.2, 0) is 0 Å². The van der Waals surface area contributed by atoms with Gasteiger partial charge in [0.1, 0.15) is 0 Å². The first-order valence-corrected chi connectivity index (χ1v) is 7.42. The van der Waals surface area contributed by atoms with E-state index in [-0.39, 0.29) is 23.3 Å². The van der Waals surface area contributed by atoms with Gasteiger partial charge < -0.3 is 15.1 Å². The van der Waals surface area contributed by atoms with Gasteiger partial charge in [0.15, 0.2) is 11.6 Å². The van der Waals surface area contributed by atoms with Crippen LogP contribution in [0.2, 0.25) is 0 Å². The van der Waals surface area contributed by atoms with Gasteiger partial charge in [-0.3, -0.25) is 4.79 Å². The Labute approximate surface area is 125 Å². The monoisotopic (exact) mass is 294 g/mol. The Morgan fingerprint density at radius 2 is 2.29 bits per heavy atom. The molecular formula is C15H23FN4O. The molecule has 1 saturated heterocycles. The number of carbonyl (C=O) groups excluding carboxylic acids is 1. The number of anilines is 1. The Balaban J connectivity index is 2.25. The van der Waals surface area contributed by atoms with Gasteiger partial charge in [0, 0.05) is 31.9 Å².